The summed E-state index contributed by atoms with van der Waals surface area (Å²) in [5, 5.41) is 2.47. The van der Waals surface area contributed by atoms with Crippen LogP contribution in [0.2, 0.25) is 0 Å². The van der Waals surface area contributed by atoms with Crippen molar-refractivity contribution in [2.24, 2.45) is 0 Å². The van der Waals surface area contributed by atoms with Crippen LogP contribution in [0.25, 0.3) is 0 Å². The normalized spacial score (nSPS) is 22.4. The monoisotopic (exact) mass is 239 g/mol. The van der Waals surface area contributed by atoms with Gasteiger partial charge in [-0.2, -0.15) is 0 Å². The third kappa shape index (κ3) is 7.94. The highest BCUT2D eigenvalue weighted by Crippen LogP contribution is 2.12. The van der Waals surface area contributed by atoms with Crippen LogP contribution in [0, 0.1) is 0 Å². The van der Waals surface area contributed by atoms with Crippen molar-refractivity contribution in [3.63, 3.8) is 0 Å². The molecule has 1 rings (SSSR count). The van der Waals surface area contributed by atoms with Gasteiger partial charge in [-0.3, -0.25) is 14.9 Å². The first-order valence-corrected chi connectivity index (χ1v) is 7.12. The zero-order valence-electron chi connectivity index (χ0n) is 10.8. The van der Waals surface area contributed by atoms with Crippen molar-refractivity contribution < 1.29 is 9.59 Å². The van der Waals surface area contributed by atoms with E-state index in [0.717, 1.165) is 25.7 Å². The van der Waals surface area contributed by atoms with E-state index in [1.54, 1.807) is 0 Å². The van der Waals surface area contributed by atoms with Crippen LogP contribution in [-0.4, -0.2) is 11.8 Å². The van der Waals surface area contributed by atoms with Crippen LogP contribution in [0.3, 0.4) is 0 Å². The lowest BCUT2D eigenvalue weighted by atomic mass is 10.1. The molecule has 0 unspecified atom stereocenters. The molecule has 2 amide bonds. The Labute approximate surface area is 104 Å². The predicted molar refractivity (Wildman–Crippen MR) is 68.6 cm³/mol. The van der Waals surface area contributed by atoms with Crippen LogP contribution >= 0.6 is 0 Å². The van der Waals surface area contributed by atoms with Crippen molar-refractivity contribution in [2.45, 2.75) is 77.0 Å². The summed E-state index contributed by atoms with van der Waals surface area (Å²) in [5.74, 6) is -0.185. The fourth-order valence-electron chi connectivity index (χ4n) is 2.27. The number of nitrogens with one attached hydrogen (secondary N) is 1. The molecular weight excluding hydrogens is 214 g/mol. The summed E-state index contributed by atoms with van der Waals surface area (Å²) in [4.78, 5) is 22.8. The van der Waals surface area contributed by atoms with Crippen molar-refractivity contribution in [1.29, 1.82) is 0 Å². The topological polar surface area (TPSA) is 46.2 Å². The summed E-state index contributed by atoms with van der Waals surface area (Å²) in [7, 11) is 0. The van der Waals surface area contributed by atoms with E-state index in [0.29, 0.717) is 12.8 Å². The second kappa shape index (κ2) is 9.20. The van der Waals surface area contributed by atoms with Gasteiger partial charge in [0.2, 0.25) is 11.8 Å². The Balaban J connectivity index is 2.26. The van der Waals surface area contributed by atoms with E-state index in [4.69, 9.17) is 0 Å². The molecule has 1 aliphatic heterocycles. The Kier molecular flexibility index (Phi) is 7.69. The SMILES string of the molecule is O=C1CCCCCCCCCCCCC(=O)N1. The molecule has 0 aromatic rings. The van der Waals surface area contributed by atoms with Gasteiger partial charge in [0.25, 0.3) is 0 Å². The number of imide groups is 1. The first kappa shape index (κ1) is 14.2. The average Bonchev–Trinajstić information content (AvgIpc) is 2.30. The van der Waals surface area contributed by atoms with Gasteiger partial charge in [-0.1, -0.05) is 51.4 Å². The molecule has 0 aliphatic carbocycles. The van der Waals surface area contributed by atoms with Gasteiger partial charge in [-0.15, -0.1) is 0 Å². The van der Waals surface area contributed by atoms with Crippen molar-refractivity contribution >= 4 is 11.8 Å². The molecule has 0 aromatic heterocycles. The number of hydrogen-bond donors (Lipinski definition) is 1. The zero-order valence-corrected chi connectivity index (χ0v) is 10.8. The minimum absolute atomic E-state index is 0.0927. The molecule has 0 aromatic carbocycles. The molecule has 0 radical (unpaired) electrons. The van der Waals surface area contributed by atoms with Crippen molar-refractivity contribution in [2.75, 3.05) is 0 Å². The molecule has 17 heavy (non-hydrogen) atoms. The molecule has 0 saturated carbocycles. The Hall–Kier alpha value is -0.860. The maximum atomic E-state index is 11.4. The molecule has 1 N–H and O–H groups in total. The summed E-state index contributed by atoms with van der Waals surface area (Å²) in [6.07, 6.45) is 12.7. The van der Waals surface area contributed by atoms with Gasteiger partial charge in [0.15, 0.2) is 0 Å². The summed E-state index contributed by atoms with van der Waals surface area (Å²) in [6, 6.07) is 0. The molecule has 0 spiro atoms. The molecule has 0 bridgehead atoms. The van der Waals surface area contributed by atoms with Crippen LogP contribution in [-0.2, 0) is 9.59 Å². The van der Waals surface area contributed by atoms with Gasteiger partial charge in [0, 0.05) is 12.8 Å². The smallest absolute Gasteiger partial charge is 0.226 e. The zero-order chi connectivity index (χ0) is 12.3. The van der Waals surface area contributed by atoms with E-state index in [2.05, 4.69) is 5.32 Å². The maximum absolute atomic E-state index is 11.4. The largest absolute Gasteiger partial charge is 0.296 e. The second-order valence-corrected chi connectivity index (χ2v) is 5.01. The van der Waals surface area contributed by atoms with Crippen molar-refractivity contribution in [1.82, 2.24) is 5.32 Å². The number of carbonyl (C=O) groups excluding carboxylic acids is 2. The van der Waals surface area contributed by atoms with E-state index in [1.165, 1.54) is 38.5 Å². The second-order valence-electron chi connectivity index (χ2n) is 5.01. The molecular formula is C14H25NO2. The van der Waals surface area contributed by atoms with Gasteiger partial charge in [-0.25, -0.2) is 0 Å². The minimum atomic E-state index is -0.0927. The quantitative estimate of drug-likeness (QED) is 0.659. The number of carbonyl (C=O) groups is 2. The maximum Gasteiger partial charge on any atom is 0.226 e. The Bertz CT molecular complexity index is 214. The Morgan fingerprint density at radius 2 is 0.824 bits per heavy atom. The molecule has 1 aliphatic rings. The lowest BCUT2D eigenvalue weighted by Crippen LogP contribution is -2.29. The van der Waals surface area contributed by atoms with Crippen LogP contribution in [0.5, 0.6) is 0 Å². The summed E-state index contributed by atoms with van der Waals surface area (Å²) in [5.41, 5.74) is 0. The lowest BCUT2D eigenvalue weighted by Gasteiger charge is -2.03. The third-order valence-corrected chi connectivity index (χ3v) is 3.34. The minimum Gasteiger partial charge on any atom is -0.296 e. The highest BCUT2D eigenvalue weighted by Gasteiger charge is 2.07. The fourth-order valence-corrected chi connectivity index (χ4v) is 2.27. The van der Waals surface area contributed by atoms with E-state index in [1.807, 2.05) is 0 Å². The van der Waals surface area contributed by atoms with Gasteiger partial charge < -0.3 is 0 Å². The lowest BCUT2D eigenvalue weighted by molar-refractivity contribution is -0.130. The summed E-state index contributed by atoms with van der Waals surface area (Å²) < 4.78 is 0. The van der Waals surface area contributed by atoms with E-state index < -0.39 is 0 Å². The Morgan fingerprint density at radius 3 is 1.18 bits per heavy atom. The predicted octanol–water partition coefficient (Wildman–Crippen LogP) is 3.32. The molecule has 3 nitrogen and oxygen atoms in total. The molecule has 98 valence electrons. The highest BCUT2D eigenvalue weighted by atomic mass is 16.2. The van der Waals surface area contributed by atoms with Gasteiger partial charge in [0.1, 0.15) is 0 Å². The van der Waals surface area contributed by atoms with E-state index in [-0.39, 0.29) is 11.8 Å². The number of rotatable bonds is 0. The first-order chi connectivity index (χ1) is 8.29. The first-order valence-electron chi connectivity index (χ1n) is 7.12. The molecule has 1 saturated heterocycles. The Morgan fingerprint density at radius 1 is 0.529 bits per heavy atom. The standard InChI is InChI=1S/C14H25NO2/c16-13-11-9-7-5-3-1-2-4-6-8-10-12-14(17)15-13/h1-12H2,(H,15,16,17). The van der Waals surface area contributed by atoms with Crippen LogP contribution in [0.1, 0.15) is 77.0 Å². The summed E-state index contributed by atoms with van der Waals surface area (Å²) >= 11 is 0. The fraction of sp³-hybridized carbons (Fsp3) is 0.857. The van der Waals surface area contributed by atoms with Crippen molar-refractivity contribution in [3.8, 4) is 0 Å². The van der Waals surface area contributed by atoms with Gasteiger partial charge in [-0.05, 0) is 12.8 Å². The van der Waals surface area contributed by atoms with Gasteiger partial charge >= 0.3 is 0 Å². The third-order valence-electron chi connectivity index (χ3n) is 3.34. The molecule has 1 heterocycles. The van der Waals surface area contributed by atoms with Crippen molar-refractivity contribution in [3.05, 3.63) is 0 Å². The summed E-state index contributed by atoms with van der Waals surface area (Å²) in [6.45, 7) is 0. The van der Waals surface area contributed by atoms with Gasteiger partial charge in [0.05, 0.1) is 0 Å². The van der Waals surface area contributed by atoms with Crippen LogP contribution in [0.15, 0.2) is 0 Å². The highest BCUT2D eigenvalue weighted by molar-refractivity contribution is 5.95. The number of hydrogen-bond acceptors (Lipinski definition) is 2. The average molecular weight is 239 g/mol. The molecule has 0 atom stereocenters. The molecule has 1 fully saturated rings. The van der Waals surface area contributed by atoms with Crippen LogP contribution < -0.4 is 5.32 Å². The number of amides is 2. The van der Waals surface area contributed by atoms with Crippen LogP contribution in [0.4, 0.5) is 0 Å². The molecule has 3 heteroatoms. The van der Waals surface area contributed by atoms with E-state index in [9.17, 15) is 9.59 Å². The van der Waals surface area contributed by atoms with E-state index >= 15 is 0 Å².